The lowest BCUT2D eigenvalue weighted by atomic mass is 9.86. The van der Waals surface area contributed by atoms with Gasteiger partial charge in [-0.25, -0.2) is 0 Å². The Balaban J connectivity index is 1.51. The van der Waals surface area contributed by atoms with E-state index in [9.17, 15) is 28.2 Å². The highest BCUT2D eigenvalue weighted by Gasteiger charge is 2.43. The van der Waals surface area contributed by atoms with E-state index in [1.165, 1.54) is 6.07 Å². The average Bonchev–Trinajstić information content (AvgIpc) is 2.91. The number of aliphatic hydroxyl groups excluding tert-OH is 2. The van der Waals surface area contributed by atoms with Crippen molar-refractivity contribution in [3.8, 4) is 0 Å². The van der Waals surface area contributed by atoms with Crippen LogP contribution in [0.4, 0.5) is 13.2 Å². The zero-order valence-electron chi connectivity index (χ0n) is 18.6. The van der Waals surface area contributed by atoms with Crippen molar-refractivity contribution in [3.05, 3.63) is 47.5 Å². The van der Waals surface area contributed by atoms with Crippen molar-refractivity contribution in [2.75, 3.05) is 6.61 Å². The number of rotatable bonds is 9. The number of carboxylic acids is 1. The van der Waals surface area contributed by atoms with E-state index in [0.29, 0.717) is 37.4 Å². The molecule has 1 aliphatic carbocycles. The highest BCUT2D eigenvalue weighted by atomic mass is 19.4. The molecule has 5 nitrogen and oxygen atoms in total. The maximum atomic E-state index is 12.9. The van der Waals surface area contributed by atoms with Crippen LogP contribution in [0.3, 0.4) is 0 Å². The van der Waals surface area contributed by atoms with Gasteiger partial charge in [0.05, 0.1) is 23.9 Å². The quantitative estimate of drug-likeness (QED) is 0.459. The summed E-state index contributed by atoms with van der Waals surface area (Å²) in [7, 11) is 0. The van der Waals surface area contributed by atoms with E-state index in [0.717, 1.165) is 31.4 Å². The predicted molar refractivity (Wildman–Crippen MR) is 116 cm³/mol. The summed E-state index contributed by atoms with van der Waals surface area (Å²) < 4.78 is 44.6. The molecule has 0 unspecified atom stereocenters. The van der Waals surface area contributed by atoms with Crippen molar-refractivity contribution in [1.29, 1.82) is 0 Å². The fourth-order valence-corrected chi connectivity index (χ4v) is 5.06. The summed E-state index contributed by atoms with van der Waals surface area (Å²) in [6.07, 6.45) is 2.16. The third-order valence-electron chi connectivity index (χ3n) is 6.89. The number of benzene rings is 1. The number of hydrogen-bond acceptors (Lipinski definition) is 4. The molecule has 3 N–H and O–H groups in total. The van der Waals surface area contributed by atoms with Crippen LogP contribution >= 0.6 is 0 Å². The maximum absolute atomic E-state index is 12.9. The van der Waals surface area contributed by atoms with E-state index in [4.69, 9.17) is 9.84 Å². The van der Waals surface area contributed by atoms with Gasteiger partial charge in [-0.15, -0.1) is 0 Å². The van der Waals surface area contributed by atoms with E-state index in [-0.39, 0.29) is 30.8 Å². The number of aryl methyl sites for hydroxylation is 1. The number of aliphatic carboxylic acids is 1. The highest BCUT2D eigenvalue weighted by Crippen LogP contribution is 2.42. The molecule has 0 aromatic heterocycles. The molecule has 1 saturated carbocycles. The summed E-state index contributed by atoms with van der Waals surface area (Å²) in [5.74, 6) is -0.483. The Kier molecular flexibility index (Phi) is 8.95. The molecule has 1 aromatic carbocycles. The van der Waals surface area contributed by atoms with Gasteiger partial charge in [-0.1, -0.05) is 30.4 Å². The maximum Gasteiger partial charge on any atom is 0.416 e. The summed E-state index contributed by atoms with van der Waals surface area (Å²) in [5, 5.41) is 29.7. The first-order chi connectivity index (χ1) is 15.6. The first kappa shape index (κ1) is 25.7. The van der Waals surface area contributed by atoms with Crippen LogP contribution in [0.5, 0.6) is 0 Å². The van der Waals surface area contributed by atoms with E-state index in [2.05, 4.69) is 0 Å². The summed E-state index contributed by atoms with van der Waals surface area (Å²) >= 11 is 0. The van der Waals surface area contributed by atoms with Gasteiger partial charge in [0.1, 0.15) is 0 Å². The normalized spacial score (nSPS) is 29.1. The SMILES string of the molecule is O=C(O)CCC[C@H]1CC[C@@H]2[C@@H](/C=C/[C@@H](O)CCc3cccc(C(F)(F)F)c3)[C@H](O)C[C@@H]2OC1. The van der Waals surface area contributed by atoms with Gasteiger partial charge in [-0.3, -0.25) is 4.79 Å². The van der Waals surface area contributed by atoms with Gasteiger partial charge in [-0.2, -0.15) is 13.2 Å². The van der Waals surface area contributed by atoms with Gasteiger partial charge >= 0.3 is 12.1 Å². The Bertz CT molecular complexity index is 809. The molecule has 1 heterocycles. The summed E-state index contributed by atoms with van der Waals surface area (Å²) in [6.45, 7) is 0.573. The van der Waals surface area contributed by atoms with E-state index < -0.39 is 29.9 Å². The number of carbonyl (C=O) groups is 1. The Morgan fingerprint density at radius 2 is 2.06 bits per heavy atom. The van der Waals surface area contributed by atoms with E-state index >= 15 is 0 Å². The van der Waals surface area contributed by atoms with Crippen LogP contribution in [0.25, 0.3) is 0 Å². The van der Waals surface area contributed by atoms with E-state index in [1.54, 1.807) is 12.1 Å². The lowest BCUT2D eigenvalue weighted by molar-refractivity contribution is -0.138. The molecule has 0 spiro atoms. The Labute approximate surface area is 192 Å². The highest BCUT2D eigenvalue weighted by molar-refractivity contribution is 5.66. The number of carboxylic acid groups (broad SMARTS) is 1. The molecule has 1 aromatic rings. The van der Waals surface area contributed by atoms with Gasteiger partial charge in [0.25, 0.3) is 0 Å². The van der Waals surface area contributed by atoms with Crippen molar-refractivity contribution in [3.63, 3.8) is 0 Å². The summed E-state index contributed by atoms with van der Waals surface area (Å²) in [5.41, 5.74) is -0.177. The van der Waals surface area contributed by atoms with Gasteiger partial charge in [0.15, 0.2) is 0 Å². The lowest BCUT2D eigenvalue weighted by Crippen LogP contribution is -2.21. The van der Waals surface area contributed by atoms with Crippen molar-refractivity contribution in [2.24, 2.45) is 17.8 Å². The monoisotopic (exact) mass is 470 g/mol. The smallest absolute Gasteiger partial charge is 0.416 e. The molecule has 2 fully saturated rings. The Hall–Kier alpha value is -1.90. The van der Waals surface area contributed by atoms with Gasteiger partial charge < -0.3 is 20.1 Å². The zero-order valence-corrected chi connectivity index (χ0v) is 18.6. The van der Waals surface area contributed by atoms with Crippen molar-refractivity contribution in [2.45, 2.75) is 75.9 Å². The fourth-order valence-electron chi connectivity index (χ4n) is 5.06. The van der Waals surface area contributed by atoms with Crippen LogP contribution in [-0.4, -0.2) is 46.2 Å². The molecular weight excluding hydrogens is 437 g/mol. The van der Waals surface area contributed by atoms with Crippen LogP contribution in [0.15, 0.2) is 36.4 Å². The number of aliphatic hydroxyl groups is 2. The fraction of sp³-hybridized carbons (Fsp3) is 0.640. The van der Waals surface area contributed by atoms with Crippen LogP contribution in [0.1, 0.15) is 56.1 Å². The summed E-state index contributed by atoms with van der Waals surface area (Å²) in [6, 6.07) is 5.13. The zero-order chi connectivity index (χ0) is 24.0. The molecule has 1 aliphatic heterocycles. The molecule has 8 heteroatoms. The van der Waals surface area contributed by atoms with Crippen LogP contribution in [-0.2, 0) is 22.1 Å². The largest absolute Gasteiger partial charge is 0.481 e. The molecule has 0 amide bonds. The third kappa shape index (κ3) is 7.55. The molecular formula is C25H33F3O5. The lowest BCUT2D eigenvalue weighted by Gasteiger charge is -2.21. The molecule has 184 valence electrons. The molecule has 0 bridgehead atoms. The number of fused-ring (bicyclic) bond motifs is 1. The van der Waals surface area contributed by atoms with Gasteiger partial charge in [0.2, 0.25) is 0 Å². The predicted octanol–water partition coefficient (Wildman–Crippen LogP) is 4.60. The van der Waals surface area contributed by atoms with Gasteiger partial charge in [-0.05, 0) is 62.0 Å². The first-order valence-corrected chi connectivity index (χ1v) is 11.7. The number of alkyl halides is 3. The standard InChI is InChI=1S/C25H33F3O5/c26-25(27,28)18-5-1-3-16(13-18)7-9-19(29)10-12-20-21-11-8-17(4-2-6-24(31)32)15-33-23(21)14-22(20)30/h1,3,5,10,12-13,17,19-23,29-30H,2,4,6-9,11,14-15H2,(H,31,32)/b12-10+/t17-,19-,20+,21+,22+,23-/m0/s1. The Morgan fingerprint density at radius 3 is 2.79 bits per heavy atom. The molecule has 0 radical (unpaired) electrons. The average molecular weight is 471 g/mol. The van der Waals surface area contributed by atoms with Crippen molar-refractivity contribution < 1.29 is 38.0 Å². The first-order valence-electron chi connectivity index (χ1n) is 11.7. The number of hydrogen-bond donors (Lipinski definition) is 3. The summed E-state index contributed by atoms with van der Waals surface area (Å²) in [4.78, 5) is 10.7. The minimum Gasteiger partial charge on any atom is -0.481 e. The second-order valence-corrected chi connectivity index (χ2v) is 9.33. The van der Waals surface area contributed by atoms with E-state index in [1.807, 2.05) is 6.08 Å². The minimum absolute atomic E-state index is 0.0543. The second kappa shape index (κ2) is 11.5. The molecule has 33 heavy (non-hydrogen) atoms. The number of halogens is 3. The molecule has 6 atom stereocenters. The topological polar surface area (TPSA) is 87.0 Å². The minimum atomic E-state index is -4.39. The Morgan fingerprint density at radius 1 is 1.27 bits per heavy atom. The van der Waals surface area contributed by atoms with Gasteiger partial charge in [0, 0.05) is 25.4 Å². The second-order valence-electron chi connectivity index (χ2n) is 9.33. The molecule has 1 saturated heterocycles. The molecule has 2 aliphatic rings. The van der Waals surface area contributed by atoms with Crippen LogP contribution in [0, 0.1) is 17.8 Å². The molecule has 3 rings (SSSR count). The van der Waals surface area contributed by atoms with Crippen LogP contribution < -0.4 is 0 Å². The van der Waals surface area contributed by atoms with Crippen molar-refractivity contribution >= 4 is 5.97 Å². The van der Waals surface area contributed by atoms with Crippen molar-refractivity contribution in [1.82, 2.24) is 0 Å². The van der Waals surface area contributed by atoms with Crippen LogP contribution in [0.2, 0.25) is 0 Å². The number of ether oxygens (including phenoxy) is 1. The third-order valence-corrected chi connectivity index (χ3v) is 6.89.